The molecule has 9 nitrogen and oxygen atoms in total. The van der Waals surface area contributed by atoms with Gasteiger partial charge in [0.15, 0.2) is 0 Å². The molecule has 3 atom stereocenters. The summed E-state index contributed by atoms with van der Waals surface area (Å²) < 4.78 is 38.6. The fraction of sp³-hybridized carbons (Fsp3) is 0.480. The Balaban J connectivity index is 1.80. The highest BCUT2D eigenvalue weighted by atomic mass is 32.2. The number of nitrogens with zero attached hydrogens (tertiary/aromatic N) is 1. The number of benzene rings is 2. The number of aliphatic hydroxyl groups is 1. The first-order valence-corrected chi connectivity index (χ1v) is 13.1. The molecule has 0 radical (unpaired) electrons. The highest BCUT2D eigenvalue weighted by Gasteiger charge is 2.32. The second-order valence-corrected chi connectivity index (χ2v) is 11.0. The zero-order valence-corrected chi connectivity index (χ0v) is 20.9. The van der Waals surface area contributed by atoms with Crippen LogP contribution in [0.4, 0.5) is 4.79 Å². The number of carbonyl (C=O) groups excluding carboxylic acids is 1. The summed E-state index contributed by atoms with van der Waals surface area (Å²) >= 11 is 0. The number of hydrogen-bond donors (Lipinski definition) is 3. The van der Waals surface area contributed by atoms with Crippen molar-refractivity contribution in [3.63, 3.8) is 0 Å². The van der Waals surface area contributed by atoms with Gasteiger partial charge < -0.3 is 25.0 Å². The fourth-order valence-electron chi connectivity index (χ4n) is 3.88. The Bertz CT molecular complexity index is 1040. The highest BCUT2D eigenvalue weighted by Crippen LogP contribution is 2.21. The quantitative estimate of drug-likeness (QED) is 0.428. The number of carbonyl (C=O) groups is 1. The Morgan fingerprint density at radius 1 is 1.14 bits per heavy atom. The van der Waals surface area contributed by atoms with Gasteiger partial charge in [0.1, 0.15) is 11.9 Å². The number of alkyl carbamates (subject to hydrolysis) is 1. The molecular weight excluding hydrogens is 472 g/mol. The number of sulfonamides is 1. The monoisotopic (exact) mass is 506 g/mol. The predicted octanol–water partition coefficient (Wildman–Crippen LogP) is 2.53. The van der Waals surface area contributed by atoms with Gasteiger partial charge in [-0.05, 0) is 42.2 Å². The van der Waals surface area contributed by atoms with E-state index in [4.69, 9.17) is 9.47 Å². The molecule has 1 amide bonds. The van der Waals surface area contributed by atoms with Crippen molar-refractivity contribution in [1.82, 2.24) is 9.62 Å². The van der Waals surface area contributed by atoms with Gasteiger partial charge in [-0.25, -0.2) is 13.2 Å². The number of amides is 1. The third-order valence-electron chi connectivity index (χ3n) is 5.66. The summed E-state index contributed by atoms with van der Waals surface area (Å²) in [6.07, 6.45) is -1.36. The molecule has 3 N–H and O–H groups in total. The van der Waals surface area contributed by atoms with Gasteiger partial charge in [0, 0.05) is 19.5 Å². The third-order valence-corrected chi connectivity index (χ3v) is 7.51. The van der Waals surface area contributed by atoms with E-state index in [0.717, 1.165) is 5.56 Å². The van der Waals surface area contributed by atoms with Crippen LogP contribution in [0, 0.1) is 5.92 Å². The summed E-state index contributed by atoms with van der Waals surface area (Å²) in [7, 11) is -3.96. The van der Waals surface area contributed by atoms with E-state index in [1.54, 1.807) is 0 Å². The fourth-order valence-corrected chi connectivity index (χ4v) is 5.50. The number of ether oxygens (including phenoxy) is 2. The molecule has 1 heterocycles. The Labute approximate surface area is 206 Å². The van der Waals surface area contributed by atoms with Gasteiger partial charge in [-0.1, -0.05) is 44.2 Å². The van der Waals surface area contributed by atoms with Crippen molar-refractivity contribution in [2.75, 3.05) is 26.3 Å². The smallest absolute Gasteiger partial charge is 0.407 e. The molecule has 0 unspecified atom stereocenters. The van der Waals surface area contributed by atoms with Crippen molar-refractivity contribution in [3.05, 3.63) is 60.2 Å². The summed E-state index contributed by atoms with van der Waals surface area (Å²) in [6.45, 7) is 4.55. The molecule has 1 aliphatic heterocycles. The van der Waals surface area contributed by atoms with E-state index in [1.165, 1.54) is 28.6 Å². The lowest BCUT2D eigenvalue weighted by atomic mass is 10.0. The van der Waals surface area contributed by atoms with Gasteiger partial charge in [-0.3, -0.25) is 0 Å². The number of aliphatic hydroxyl groups excluding tert-OH is 1. The second kappa shape index (κ2) is 12.3. The standard InChI is InChI=1S/C25H34N2O7S/c1-18(2)15-27(35(31,32)22-10-8-20(28)9-11-22)16-24(29)23(14-19-6-4-3-5-7-19)26-25(30)34-21-12-13-33-17-21/h3-11,18,21,23-24,28-29H,12-17H2,1-2H3,(H,26,30)/t21-,23+,24-/m1/s1. The van der Waals surface area contributed by atoms with Crippen molar-refractivity contribution in [3.8, 4) is 5.75 Å². The molecule has 10 heteroatoms. The SMILES string of the molecule is CC(C)CN(C[C@@H](O)[C@H](Cc1ccccc1)NC(=O)O[C@@H]1CCOC1)S(=O)(=O)c1ccc(O)cc1. The predicted molar refractivity (Wildman–Crippen MR) is 130 cm³/mol. The molecule has 0 aliphatic carbocycles. The van der Waals surface area contributed by atoms with E-state index < -0.39 is 28.3 Å². The number of aromatic hydroxyl groups is 1. The van der Waals surface area contributed by atoms with Crippen LogP contribution >= 0.6 is 0 Å². The minimum atomic E-state index is -3.96. The van der Waals surface area contributed by atoms with E-state index in [9.17, 15) is 23.4 Å². The van der Waals surface area contributed by atoms with Crippen LogP contribution in [0.2, 0.25) is 0 Å². The van der Waals surface area contributed by atoms with Crippen LogP contribution in [0.15, 0.2) is 59.5 Å². The maximum Gasteiger partial charge on any atom is 0.407 e. The topological polar surface area (TPSA) is 125 Å². The van der Waals surface area contributed by atoms with Crippen molar-refractivity contribution in [1.29, 1.82) is 0 Å². The lowest BCUT2D eigenvalue weighted by Gasteiger charge is -2.30. The van der Waals surface area contributed by atoms with E-state index in [0.29, 0.717) is 19.6 Å². The van der Waals surface area contributed by atoms with Crippen LogP contribution in [0.25, 0.3) is 0 Å². The molecule has 2 aromatic carbocycles. The van der Waals surface area contributed by atoms with Crippen LogP contribution in [-0.2, 0) is 25.9 Å². The van der Waals surface area contributed by atoms with Gasteiger partial charge in [0.2, 0.25) is 10.0 Å². The number of phenolic OH excluding ortho intramolecular Hbond substituents is 1. The van der Waals surface area contributed by atoms with Crippen LogP contribution in [0.3, 0.4) is 0 Å². The van der Waals surface area contributed by atoms with Gasteiger partial charge in [0.25, 0.3) is 0 Å². The maximum absolute atomic E-state index is 13.4. The first kappa shape index (κ1) is 26.9. The lowest BCUT2D eigenvalue weighted by Crippen LogP contribution is -2.51. The number of phenols is 1. The second-order valence-electron chi connectivity index (χ2n) is 9.11. The molecule has 0 spiro atoms. The highest BCUT2D eigenvalue weighted by molar-refractivity contribution is 7.89. The minimum Gasteiger partial charge on any atom is -0.508 e. The normalized spacial score (nSPS) is 17.9. The average Bonchev–Trinajstić information content (AvgIpc) is 3.31. The molecule has 1 saturated heterocycles. The molecule has 3 rings (SSSR count). The Morgan fingerprint density at radius 2 is 1.83 bits per heavy atom. The van der Waals surface area contributed by atoms with Crippen LogP contribution in [0.5, 0.6) is 5.75 Å². The number of nitrogens with one attached hydrogen (secondary N) is 1. The zero-order valence-electron chi connectivity index (χ0n) is 20.0. The Hall–Kier alpha value is -2.66. The first-order chi connectivity index (χ1) is 16.6. The molecule has 35 heavy (non-hydrogen) atoms. The van der Waals surface area contributed by atoms with Gasteiger partial charge >= 0.3 is 6.09 Å². The summed E-state index contributed by atoms with van der Waals surface area (Å²) in [5, 5.41) is 23.4. The minimum absolute atomic E-state index is 0.0105. The molecule has 1 aliphatic rings. The molecule has 0 saturated carbocycles. The van der Waals surface area contributed by atoms with Crippen LogP contribution < -0.4 is 5.32 Å². The van der Waals surface area contributed by atoms with Crippen molar-refractivity contribution in [2.24, 2.45) is 5.92 Å². The Kier molecular flexibility index (Phi) is 9.50. The molecule has 1 fully saturated rings. The largest absolute Gasteiger partial charge is 0.508 e. The lowest BCUT2D eigenvalue weighted by molar-refractivity contribution is 0.0644. The molecular formula is C25H34N2O7S. The maximum atomic E-state index is 13.4. The van der Waals surface area contributed by atoms with Gasteiger partial charge in [-0.2, -0.15) is 4.31 Å². The summed E-state index contributed by atoms with van der Waals surface area (Å²) in [4.78, 5) is 12.6. The van der Waals surface area contributed by atoms with E-state index in [-0.39, 0.29) is 42.2 Å². The molecule has 0 bridgehead atoms. The summed E-state index contributed by atoms with van der Waals surface area (Å²) in [5.74, 6) is -0.0559. The van der Waals surface area contributed by atoms with Gasteiger partial charge in [0.05, 0.1) is 30.3 Å². The molecule has 0 aromatic heterocycles. The van der Waals surface area contributed by atoms with Crippen LogP contribution in [0.1, 0.15) is 25.8 Å². The molecule has 192 valence electrons. The van der Waals surface area contributed by atoms with Crippen molar-refractivity contribution >= 4 is 16.1 Å². The first-order valence-electron chi connectivity index (χ1n) is 11.7. The number of hydrogen-bond acceptors (Lipinski definition) is 7. The zero-order chi connectivity index (χ0) is 25.4. The molecule has 2 aromatic rings. The van der Waals surface area contributed by atoms with Crippen molar-refractivity contribution < 1.29 is 32.9 Å². The Morgan fingerprint density at radius 3 is 2.43 bits per heavy atom. The number of rotatable bonds is 11. The van der Waals surface area contributed by atoms with Gasteiger partial charge in [-0.15, -0.1) is 0 Å². The third kappa shape index (κ3) is 7.93. The average molecular weight is 507 g/mol. The summed E-state index contributed by atoms with van der Waals surface area (Å²) in [5.41, 5.74) is 0.873. The van der Waals surface area contributed by atoms with E-state index >= 15 is 0 Å². The summed E-state index contributed by atoms with van der Waals surface area (Å²) in [6, 6.07) is 13.8. The van der Waals surface area contributed by atoms with Crippen LogP contribution in [-0.4, -0.2) is 73.6 Å². The van der Waals surface area contributed by atoms with E-state index in [2.05, 4.69) is 5.32 Å². The van der Waals surface area contributed by atoms with Crippen molar-refractivity contribution in [2.45, 2.75) is 49.8 Å². The van der Waals surface area contributed by atoms with E-state index in [1.807, 2.05) is 44.2 Å².